The fourth-order valence-corrected chi connectivity index (χ4v) is 1.58. The molecule has 0 saturated carbocycles. The van der Waals surface area contributed by atoms with Crippen LogP contribution >= 0.6 is 0 Å². The second kappa shape index (κ2) is 5.11. The Kier molecular flexibility index (Phi) is 3.55. The number of likely N-dealkylation sites (N-methyl/N-ethyl adjacent to an activating group) is 1. The topological polar surface area (TPSA) is 75.5 Å². The van der Waals surface area contributed by atoms with Crippen molar-refractivity contribution in [3.05, 3.63) is 24.2 Å². The van der Waals surface area contributed by atoms with Gasteiger partial charge in [-0.3, -0.25) is 4.90 Å². The Bertz CT molecular complexity index is 450. The van der Waals surface area contributed by atoms with Gasteiger partial charge in [0.15, 0.2) is 11.6 Å². The molecule has 0 aliphatic heterocycles. The average Bonchev–Trinajstić information content (AvgIpc) is 2.84. The van der Waals surface area contributed by atoms with Gasteiger partial charge >= 0.3 is 0 Å². The minimum Gasteiger partial charge on any atom is -0.459 e. The molecule has 1 atom stereocenters. The lowest BCUT2D eigenvalue weighted by molar-refractivity contribution is 0.136. The lowest BCUT2D eigenvalue weighted by Crippen LogP contribution is -2.27. The number of furan rings is 1. The minimum atomic E-state index is -0.378. The molecule has 92 valence electrons. The summed E-state index contributed by atoms with van der Waals surface area (Å²) >= 11 is 0. The van der Waals surface area contributed by atoms with Crippen LogP contribution in [0.15, 0.2) is 27.3 Å². The van der Waals surface area contributed by atoms with Crippen LogP contribution in [-0.2, 0) is 6.54 Å². The Morgan fingerprint density at radius 1 is 1.53 bits per heavy atom. The Morgan fingerprint density at radius 3 is 3.00 bits per heavy atom. The van der Waals surface area contributed by atoms with Crippen LogP contribution in [0.4, 0.5) is 0 Å². The first-order valence-electron chi connectivity index (χ1n) is 5.38. The van der Waals surface area contributed by atoms with Crippen LogP contribution in [0.2, 0.25) is 0 Å². The molecular formula is C11H15N3O3. The fraction of sp³-hybridized carbons (Fsp3) is 0.455. The zero-order valence-electron chi connectivity index (χ0n) is 9.83. The third-order valence-electron chi connectivity index (χ3n) is 2.19. The van der Waals surface area contributed by atoms with Crippen molar-refractivity contribution >= 4 is 0 Å². The first-order valence-corrected chi connectivity index (χ1v) is 5.38. The van der Waals surface area contributed by atoms with E-state index in [1.54, 1.807) is 25.3 Å². The largest absolute Gasteiger partial charge is 0.459 e. The quantitative estimate of drug-likeness (QED) is 0.840. The van der Waals surface area contributed by atoms with E-state index in [2.05, 4.69) is 10.1 Å². The van der Waals surface area contributed by atoms with E-state index >= 15 is 0 Å². The molecule has 0 fully saturated rings. The van der Waals surface area contributed by atoms with Crippen molar-refractivity contribution in [2.45, 2.75) is 19.6 Å². The molecule has 6 nitrogen and oxygen atoms in total. The highest BCUT2D eigenvalue weighted by Crippen LogP contribution is 2.17. The van der Waals surface area contributed by atoms with Gasteiger partial charge in [0.2, 0.25) is 0 Å². The third-order valence-corrected chi connectivity index (χ3v) is 2.19. The zero-order chi connectivity index (χ0) is 12.3. The van der Waals surface area contributed by atoms with Gasteiger partial charge in [-0.15, -0.1) is 0 Å². The smallest absolute Gasteiger partial charge is 0.293 e. The molecular weight excluding hydrogens is 222 g/mol. The predicted molar refractivity (Wildman–Crippen MR) is 60.0 cm³/mol. The van der Waals surface area contributed by atoms with Crippen LogP contribution in [0.1, 0.15) is 12.7 Å². The molecule has 0 aliphatic carbocycles. The van der Waals surface area contributed by atoms with Crippen molar-refractivity contribution in [1.29, 1.82) is 0 Å². The molecule has 0 bridgehead atoms. The van der Waals surface area contributed by atoms with Crippen LogP contribution in [0, 0.1) is 0 Å². The Labute approximate surface area is 98.8 Å². The predicted octanol–water partition coefficient (Wildman–Crippen LogP) is 1.14. The molecule has 2 rings (SSSR count). The molecule has 0 aliphatic rings. The van der Waals surface area contributed by atoms with Gasteiger partial charge in [0.1, 0.15) is 0 Å². The first-order chi connectivity index (χ1) is 8.15. The summed E-state index contributed by atoms with van der Waals surface area (Å²) in [5.74, 6) is 1.50. The maximum Gasteiger partial charge on any atom is 0.293 e. The van der Waals surface area contributed by atoms with E-state index in [4.69, 9.17) is 8.94 Å². The van der Waals surface area contributed by atoms with Crippen molar-refractivity contribution in [1.82, 2.24) is 15.0 Å². The van der Waals surface area contributed by atoms with Crippen molar-refractivity contribution in [2.75, 3.05) is 13.6 Å². The SMILES string of the molecule is CC(O)CN(C)Cc1noc(-c2ccco2)n1. The monoisotopic (exact) mass is 237 g/mol. The average molecular weight is 237 g/mol. The standard InChI is InChI=1S/C11H15N3O3/c1-8(15)6-14(2)7-10-12-11(17-13-10)9-4-3-5-16-9/h3-5,8,15H,6-7H2,1-2H3. The van der Waals surface area contributed by atoms with Crippen LogP contribution < -0.4 is 0 Å². The minimum absolute atomic E-state index is 0.371. The van der Waals surface area contributed by atoms with Crippen LogP contribution in [0.3, 0.4) is 0 Å². The van der Waals surface area contributed by atoms with Crippen molar-refractivity contribution in [3.8, 4) is 11.7 Å². The van der Waals surface area contributed by atoms with Gasteiger partial charge in [0.25, 0.3) is 5.89 Å². The van der Waals surface area contributed by atoms with Crippen LogP contribution in [-0.4, -0.2) is 39.8 Å². The summed E-state index contributed by atoms with van der Waals surface area (Å²) in [6, 6.07) is 3.52. The molecule has 2 aromatic rings. The van der Waals surface area contributed by atoms with E-state index in [1.807, 2.05) is 11.9 Å². The second-order valence-corrected chi connectivity index (χ2v) is 4.04. The number of hydrogen-bond acceptors (Lipinski definition) is 6. The number of rotatable bonds is 5. The molecule has 0 spiro atoms. The van der Waals surface area contributed by atoms with E-state index < -0.39 is 0 Å². The summed E-state index contributed by atoms with van der Waals surface area (Å²) in [4.78, 5) is 6.12. The number of aromatic nitrogens is 2. The molecule has 2 aromatic heterocycles. The number of hydrogen-bond donors (Lipinski definition) is 1. The fourth-order valence-electron chi connectivity index (χ4n) is 1.58. The lowest BCUT2D eigenvalue weighted by atomic mass is 10.3. The summed E-state index contributed by atoms with van der Waals surface area (Å²) in [5.41, 5.74) is 0. The first kappa shape index (κ1) is 11.8. The van der Waals surface area contributed by atoms with Gasteiger partial charge in [-0.05, 0) is 26.1 Å². The van der Waals surface area contributed by atoms with Crippen LogP contribution in [0.25, 0.3) is 11.7 Å². The number of aliphatic hydroxyl groups excluding tert-OH is 1. The normalized spacial score (nSPS) is 13.2. The Hall–Kier alpha value is -1.66. The molecule has 0 aromatic carbocycles. The molecule has 2 heterocycles. The van der Waals surface area contributed by atoms with Gasteiger partial charge in [0.05, 0.1) is 18.9 Å². The third kappa shape index (κ3) is 3.15. The number of nitrogens with zero attached hydrogens (tertiary/aromatic N) is 3. The van der Waals surface area contributed by atoms with E-state index in [0.717, 1.165) is 0 Å². The molecule has 1 N–H and O–H groups in total. The van der Waals surface area contributed by atoms with E-state index in [-0.39, 0.29) is 6.10 Å². The molecule has 6 heteroatoms. The lowest BCUT2D eigenvalue weighted by Gasteiger charge is -2.15. The van der Waals surface area contributed by atoms with Gasteiger partial charge < -0.3 is 14.0 Å². The van der Waals surface area contributed by atoms with E-state index in [9.17, 15) is 5.11 Å². The van der Waals surface area contributed by atoms with Crippen molar-refractivity contribution in [3.63, 3.8) is 0 Å². The van der Waals surface area contributed by atoms with E-state index in [1.165, 1.54) is 0 Å². The summed E-state index contributed by atoms with van der Waals surface area (Å²) in [6.07, 6.45) is 1.18. The highest BCUT2D eigenvalue weighted by atomic mass is 16.5. The summed E-state index contributed by atoms with van der Waals surface area (Å²) in [7, 11) is 1.88. The summed E-state index contributed by atoms with van der Waals surface area (Å²) in [5, 5.41) is 13.1. The summed E-state index contributed by atoms with van der Waals surface area (Å²) < 4.78 is 10.2. The molecule has 0 amide bonds. The highest BCUT2D eigenvalue weighted by molar-refractivity contribution is 5.42. The van der Waals surface area contributed by atoms with Gasteiger partial charge in [-0.1, -0.05) is 5.16 Å². The highest BCUT2D eigenvalue weighted by Gasteiger charge is 2.13. The molecule has 1 unspecified atom stereocenters. The molecule has 0 saturated heterocycles. The van der Waals surface area contributed by atoms with E-state index in [0.29, 0.717) is 30.6 Å². The van der Waals surface area contributed by atoms with Gasteiger partial charge in [-0.2, -0.15) is 4.98 Å². The zero-order valence-corrected chi connectivity index (χ0v) is 9.83. The second-order valence-electron chi connectivity index (χ2n) is 4.04. The molecule has 17 heavy (non-hydrogen) atoms. The maximum atomic E-state index is 9.24. The van der Waals surface area contributed by atoms with Gasteiger partial charge in [0, 0.05) is 6.54 Å². The van der Waals surface area contributed by atoms with Crippen molar-refractivity contribution < 1.29 is 14.0 Å². The van der Waals surface area contributed by atoms with Gasteiger partial charge in [-0.25, -0.2) is 0 Å². The summed E-state index contributed by atoms with van der Waals surface area (Å²) in [6.45, 7) is 2.82. The molecule has 0 radical (unpaired) electrons. The van der Waals surface area contributed by atoms with Crippen molar-refractivity contribution in [2.24, 2.45) is 0 Å². The number of aliphatic hydroxyl groups is 1. The Morgan fingerprint density at radius 2 is 2.35 bits per heavy atom. The maximum absolute atomic E-state index is 9.24. The Balaban J connectivity index is 1.99. The van der Waals surface area contributed by atoms with Crippen LogP contribution in [0.5, 0.6) is 0 Å².